The van der Waals surface area contributed by atoms with Crippen LogP contribution in [0.5, 0.6) is 0 Å². The van der Waals surface area contributed by atoms with Crippen molar-refractivity contribution >= 4 is 17.8 Å². The molecule has 178 valence electrons. The van der Waals surface area contributed by atoms with Crippen LogP contribution < -0.4 is 10.6 Å². The van der Waals surface area contributed by atoms with Gasteiger partial charge in [0.1, 0.15) is 18.3 Å². The summed E-state index contributed by atoms with van der Waals surface area (Å²) in [5.41, 5.74) is -6.28. The summed E-state index contributed by atoms with van der Waals surface area (Å²) in [7, 11) is 0. The zero-order chi connectivity index (χ0) is 24.3. The number of hydrogen-bond donors (Lipinski definition) is 6. The number of aliphatic hydroxyl groups excluding tert-OH is 2. The van der Waals surface area contributed by atoms with E-state index in [1.54, 1.807) is 12.1 Å². The second-order valence-electron chi connectivity index (χ2n) is 8.01. The van der Waals surface area contributed by atoms with Crippen molar-refractivity contribution in [2.45, 2.75) is 43.1 Å². The first-order chi connectivity index (χ1) is 15.5. The molecule has 3 heterocycles. The average Bonchev–Trinajstić information content (AvgIpc) is 2.79. The maximum Gasteiger partial charge on any atom is 0.331 e. The van der Waals surface area contributed by atoms with Crippen LogP contribution in [0.25, 0.3) is 0 Å². The summed E-state index contributed by atoms with van der Waals surface area (Å²) < 4.78 is 10.6. The summed E-state index contributed by atoms with van der Waals surface area (Å²) in [6.07, 6.45) is 1.51. The SMILES string of the molecule is C[C@@](O)(CO)[C@@H](O)[C@@]12NC(=O)[C@@](O)(NC1=O)/C(=C/C=C/C(=O)OCc1ccccc1)CCO2. The number of aliphatic hydroxyl groups is 4. The highest BCUT2D eigenvalue weighted by Crippen LogP contribution is 2.33. The lowest BCUT2D eigenvalue weighted by Gasteiger charge is -2.49. The van der Waals surface area contributed by atoms with E-state index in [0.717, 1.165) is 18.6 Å². The molecule has 0 radical (unpaired) electrons. The molecule has 3 aliphatic rings. The standard InChI is InChI=1S/C22H26N2O9/c1-20(30,13-25)17(27)22-19(29)23-21(31,18(28)24-22)15(10-11-33-22)8-5-9-16(26)32-12-14-6-3-2-4-7-14/h2-9,17,25,27,30-31H,10-13H2,1H3,(H,23,29)(H,24,28)/b9-5+,15-8+/t17-,20-,21-,22+/m1/s1. The summed E-state index contributed by atoms with van der Waals surface area (Å²) in [6, 6.07) is 9.04. The first kappa shape index (κ1) is 24.6. The van der Waals surface area contributed by atoms with E-state index in [1.165, 1.54) is 12.2 Å². The van der Waals surface area contributed by atoms with E-state index in [2.05, 4.69) is 10.6 Å². The molecule has 3 fully saturated rings. The molecule has 0 aromatic heterocycles. The van der Waals surface area contributed by atoms with Crippen molar-refractivity contribution < 1.29 is 44.3 Å². The van der Waals surface area contributed by atoms with Gasteiger partial charge >= 0.3 is 5.97 Å². The van der Waals surface area contributed by atoms with Crippen molar-refractivity contribution in [1.82, 2.24) is 10.6 Å². The highest BCUT2D eigenvalue weighted by molar-refractivity contribution is 6.03. The van der Waals surface area contributed by atoms with Gasteiger partial charge in [-0.3, -0.25) is 9.59 Å². The summed E-state index contributed by atoms with van der Waals surface area (Å²) in [6.45, 7) is -0.0453. The monoisotopic (exact) mass is 462 g/mol. The highest BCUT2D eigenvalue weighted by Gasteiger charge is 2.63. The summed E-state index contributed by atoms with van der Waals surface area (Å²) in [4.78, 5) is 37.4. The van der Waals surface area contributed by atoms with E-state index in [1.807, 2.05) is 18.2 Å². The smallest absolute Gasteiger partial charge is 0.331 e. The van der Waals surface area contributed by atoms with E-state index in [9.17, 15) is 34.8 Å². The Morgan fingerprint density at radius 1 is 1.27 bits per heavy atom. The van der Waals surface area contributed by atoms with Crippen LogP contribution in [-0.4, -0.2) is 74.6 Å². The van der Waals surface area contributed by atoms with Gasteiger partial charge in [-0.05, 0) is 24.5 Å². The van der Waals surface area contributed by atoms with Crippen molar-refractivity contribution in [3.63, 3.8) is 0 Å². The molecule has 6 N–H and O–H groups in total. The van der Waals surface area contributed by atoms with Crippen LogP contribution in [0.2, 0.25) is 0 Å². The summed E-state index contributed by atoms with van der Waals surface area (Å²) >= 11 is 0. The number of amides is 2. The van der Waals surface area contributed by atoms with Gasteiger partial charge in [-0.15, -0.1) is 0 Å². The Bertz CT molecular complexity index is 975. The molecule has 0 saturated carbocycles. The Morgan fingerprint density at radius 3 is 2.64 bits per heavy atom. The number of allylic oxidation sites excluding steroid dienone is 2. The van der Waals surface area contributed by atoms with Gasteiger partial charge in [-0.1, -0.05) is 42.5 Å². The molecule has 4 atom stereocenters. The molecule has 2 amide bonds. The predicted molar refractivity (Wildman–Crippen MR) is 112 cm³/mol. The first-order valence-electron chi connectivity index (χ1n) is 10.2. The number of carbonyl (C=O) groups excluding carboxylic acids is 3. The normalized spacial score (nSPS) is 29.1. The van der Waals surface area contributed by atoms with Gasteiger partial charge in [-0.25, -0.2) is 4.79 Å². The largest absolute Gasteiger partial charge is 0.458 e. The van der Waals surface area contributed by atoms with Crippen LogP contribution in [0.3, 0.4) is 0 Å². The first-order valence-corrected chi connectivity index (χ1v) is 10.2. The van der Waals surface area contributed by atoms with Gasteiger partial charge in [0.2, 0.25) is 5.72 Å². The molecule has 2 bridgehead atoms. The minimum Gasteiger partial charge on any atom is -0.458 e. The number of rotatable bonds is 7. The number of esters is 1. The zero-order valence-electron chi connectivity index (χ0n) is 17.9. The Balaban J connectivity index is 1.75. The second kappa shape index (κ2) is 9.41. The molecule has 11 nitrogen and oxygen atoms in total. The van der Waals surface area contributed by atoms with E-state index >= 15 is 0 Å². The number of benzene rings is 1. The molecule has 3 saturated heterocycles. The van der Waals surface area contributed by atoms with E-state index in [0.29, 0.717) is 0 Å². The van der Waals surface area contributed by atoms with Crippen molar-refractivity contribution in [2.75, 3.05) is 13.2 Å². The van der Waals surface area contributed by atoms with Crippen LogP contribution in [0.1, 0.15) is 18.9 Å². The van der Waals surface area contributed by atoms with E-state index < -0.39 is 47.5 Å². The van der Waals surface area contributed by atoms with Crippen LogP contribution in [0, 0.1) is 0 Å². The maximum absolute atomic E-state index is 12.8. The topological polar surface area (TPSA) is 175 Å². The molecule has 0 spiro atoms. The van der Waals surface area contributed by atoms with Gasteiger partial charge in [0.15, 0.2) is 0 Å². The minimum atomic E-state index is -2.48. The fourth-order valence-electron chi connectivity index (χ4n) is 3.48. The molecule has 0 unspecified atom stereocenters. The number of fused-ring (bicyclic) bond motifs is 5. The maximum atomic E-state index is 12.8. The number of piperazine rings is 1. The minimum absolute atomic E-state index is 0.0113. The zero-order valence-corrected chi connectivity index (χ0v) is 17.9. The lowest BCUT2D eigenvalue weighted by atomic mass is 9.84. The fraction of sp³-hybridized carbons (Fsp3) is 0.409. The van der Waals surface area contributed by atoms with Crippen molar-refractivity contribution in [1.29, 1.82) is 0 Å². The van der Waals surface area contributed by atoms with Crippen LogP contribution >= 0.6 is 0 Å². The number of nitrogens with one attached hydrogen (secondary N) is 2. The molecule has 11 heteroatoms. The Morgan fingerprint density at radius 2 is 1.97 bits per heavy atom. The van der Waals surface area contributed by atoms with Crippen molar-refractivity contribution in [2.24, 2.45) is 0 Å². The number of ether oxygens (including phenoxy) is 2. The third-order valence-corrected chi connectivity index (χ3v) is 5.47. The van der Waals surface area contributed by atoms with Gasteiger partial charge in [0.05, 0.1) is 13.2 Å². The summed E-state index contributed by atoms with van der Waals surface area (Å²) in [5, 5.41) is 45.1. The molecule has 1 aromatic carbocycles. The van der Waals surface area contributed by atoms with E-state index in [-0.39, 0.29) is 25.2 Å². The van der Waals surface area contributed by atoms with E-state index in [4.69, 9.17) is 9.47 Å². The van der Waals surface area contributed by atoms with Crippen molar-refractivity contribution in [3.05, 3.63) is 59.7 Å². The highest BCUT2D eigenvalue weighted by atomic mass is 16.5. The Kier molecular flexibility index (Phi) is 7.00. The quantitative estimate of drug-likeness (QED) is 0.205. The number of carbonyl (C=O) groups is 3. The van der Waals surface area contributed by atoms with Gasteiger partial charge in [-0.2, -0.15) is 0 Å². The lowest BCUT2D eigenvalue weighted by Crippen LogP contribution is -2.82. The van der Waals surface area contributed by atoms with Gasteiger partial charge in [0, 0.05) is 6.08 Å². The fourth-order valence-corrected chi connectivity index (χ4v) is 3.48. The molecular weight excluding hydrogens is 436 g/mol. The Hall–Kier alpha value is -3.09. The molecule has 3 aliphatic heterocycles. The molecular formula is C22H26N2O9. The summed E-state index contributed by atoms with van der Waals surface area (Å²) in [5.74, 6) is -2.90. The second-order valence-corrected chi connectivity index (χ2v) is 8.01. The van der Waals surface area contributed by atoms with Crippen LogP contribution in [0.15, 0.2) is 54.1 Å². The predicted octanol–water partition coefficient (Wildman–Crippen LogP) is -1.63. The van der Waals surface area contributed by atoms with Gasteiger partial charge < -0.3 is 40.5 Å². The average molecular weight is 462 g/mol. The molecule has 0 aliphatic carbocycles. The third-order valence-electron chi connectivity index (χ3n) is 5.47. The molecule has 4 rings (SSSR count). The molecule has 1 aromatic rings. The Labute approximate surface area is 189 Å². The lowest BCUT2D eigenvalue weighted by molar-refractivity contribution is -0.230. The van der Waals surface area contributed by atoms with Crippen LogP contribution in [0.4, 0.5) is 0 Å². The molecule has 33 heavy (non-hydrogen) atoms. The van der Waals surface area contributed by atoms with Crippen LogP contribution in [-0.2, 0) is 30.5 Å². The number of hydrogen-bond acceptors (Lipinski definition) is 9. The van der Waals surface area contributed by atoms with Gasteiger partial charge in [0.25, 0.3) is 17.5 Å². The third kappa shape index (κ3) is 4.82. The van der Waals surface area contributed by atoms with Crippen molar-refractivity contribution in [3.8, 4) is 0 Å².